The first-order valence-corrected chi connectivity index (χ1v) is 7.45. The lowest BCUT2D eigenvalue weighted by Gasteiger charge is -2.14. The molecule has 0 amide bonds. The van der Waals surface area contributed by atoms with Gasteiger partial charge in [-0.05, 0) is 37.0 Å². The van der Waals surface area contributed by atoms with Gasteiger partial charge in [0.2, 0.25) is 0 Å². The molecule has 0 aliphatic heterocycles. The highest BCUT2D eigenvalue weighted by molar-refractivity contribution is 5.45. The van der Waals surface area contributed by atoms with Crippen LogP contribution in [0, 0.1) is 5.82 Å². The van der Waals surface area contributed by atoms with Crippen LogP contribution in [-0.4, -0.2) is 9.36 Å². The van der Waals surface area contributed by atoms with Crippen LogP contribution >= 0.6 is 0 Å². The zero-order chi connectivity index (χ0) is 15.0. The van der Waals surface area contributed by atoms with Gasteiger partial charge in [-0.25, -0.2) is 9.07 Å². The maximum absolute atomic E-state index is 13.3. The summed E-state index contributed by atoms with van der Waals surface area (Å²) in [5.74, 6) is 0.127. The van der Waals surface area contributed by atoms with Gasteiger partial charge < -0.3 is 5.73 Å². The second kappa shape index (κ2) is 5.39. The molecule has 1 aliphatic rings. The summed E-state index contributed by atoms with van der Waals surface area (Å²) in [6, 6.07) is 6.35. The zero-order valence-electron chi connectivity index (χ0n) is 12.2. The predicted octanol–water partition coefficient (Wildman–Crippen LogP) is 2.71. The number of hydrogen-bond acceptors (Lipinski definition) is 2. The molecule has 0 bridgehead atoms. The maximum Gasteiger partial charge on any atom is 0.290 e. The van der Waals surface area contributed by atoms with Crippen molar-refractivity contribution >= 4 is 5.69 Å². The molecule has 0 radical (unpaired) electrons. The fourth-order valence-corrected chi connectivity index (χ4v) is 2.83. The number of nitrogens with zero attached hydrogens (tertiary/aromatic N) is 2. The van der Waals surface area contributed by atoms with E-state index in [1.807, 2.05) is 10.7 Å². The second-order valence-electron chi connectivity index (χ2n) is 5.69. The number of hydrogen-bond donors (Lipinski definition) is 1. The fourth-order valence-electron chi connectivity index (χ4n) is 2.83. The molecule has 21 heavy (non-hydrogen) atoms. The van der Waals surface area contributed by atoms with Crippen molar-refractivity contribution < 1.29 is 4.39 Å². The Kier molecular flexibility index (Phi) is 3.57. The Labute approximate surface area is 123 Å². The van der Waals surface area contributed by atoms with Crippen LogP contribution in [0.4, 0.5) is 10.1 Å². The number of rotatable bonds is 5. The lowest BCUT2D eigenvalue weighted by atomic mass is 10.2. The average Bonchev–Trinajstić information content (AvgIpc) is 3.25. The van der Waals surface area contributed by atoms with E-state index in [2.05, 4.69) is 6.92 Å². The smallest absolute Gasteiger partial charge is 0.290 e. The number of benzene rings is 1. The van der Waals surface area contributed by atoms with Crippen molar-refractivity contribution in [2.75, 3.05) is 5.73 Å². The van der Waals surface area contributed by atoms with Gasteiger partial charge in [0, 0.05) is 12.5 Å². The molecule has 1 saturated carbocycles. The highest BCUT2D eigenvalue weighted by Crippen LogP contribution is 2.42. The fraction of sp³-hybridized carbons (Fsp3) is 0.438. The van der Waals surface area contributed by atoms with E-state index in [1.54, 1.807) is 10.7 Å². The Morgan fingerprint density at radius 1 is 1.33 bits per heavy atom. The SMILES string of the molecule is CCCn1c(C2CC2)c(N)c(=O)n1Cc1cccc(F)c1. The van der Waals surface area contributed by atoms with Crippen LogP contribution in [0.25, 0.3) is 0 Å². The monoisotopic (exact) mass is 289 g/mol. The van der Waals surface area contributed by atoms with E-state index in [-0.39, 0.29) is 11.4 Å². The molecular formula is C16H20FN3O. The first kappa shape index (κ1) is 13.9. The van der Waals surface area contributed by atoms with Crippen LogP contribution in [0.5, 0.6) is 0 Å². The molecule has 0 unspecified atom stereocenters. The molecule has 112 valence electrons. The third kappa shape index (κ3) is 2.60. The Hall–Kier alpha value is -2.04. The van der Waals surface area contributed by atoms with E-state index in [0.29, 0.717) is 18.2 Å². The van der Waals surface area contributed by atoms with E-state index in [9.17, 15) is 9.18 Å². The Morgan fingerprint density at radius 2 is 2.10 bits per heavy atom. The van der Waals surface area contributed by atoms with Crippen molar-refractivity contribution in [1.82, 2.24) is 9.36 Å². The summed E-state index contributed by atoms with van der Waals surface area (Å²) in [4.78, 5) is 12.4. The molecule has 1 aliphatic carbocycles. The minimum Gasteiger partial charge on any atom is -0.393 e. The van der Waals surface area contributed by atoms with E-state index >= 15 is 0 Å². The molecule has 5 heteroatoms. The zero-order valence-corrected chi connectivity index (χ0v) is 12.2. The summed E-state index contributed by atoms with van der Waals surface area (Å²) in [7, 11) is 0. The summed E-state index contributed by atoms with van der Waals surface area (Å²) in [6.45, 7) is 3.19. The van der Waals surface area contributed by atoms with Crippen LogP contribution in [0.1, 0.15) is 43.4 Å². The van der Waals surface area contributed by atoms with E-state index in [0.717, 1.165) is 37.1 Å². The van der Waals surface area contributed by atoms with E-state index < -0.39 is 0 Å². The molecule has 3 rings (SSSR count). The van der Waals surface area contributed by atoms with E-state index in [4.69, 9.17) is 5.73 Å². The highest BCUT2D eigenvalue weighted by atomic mass is 19.1. The molecule has 2 aromatic rings. The summed E-state index contributed by atoms with van der Waals surface area (Å²) < 4.78 is 17.0. The van der Waals surface area contributed by atoms with Gasteiger partial charge in [0.15, 0.2) is 0 Å². The van der Waals surface area contributed by atoms with Crippen LogP contribution in [0.2, 0.25) is 0 Å². The van der Waals surface area contributed by atoms with Crippen molar-refractivity contribution in [3.63, 3.8) is 0 Å². The first-order chi connectivity index (χ1) is 10.1. The van der Waals surface area contributed by atoms with Crippen LogP contribution < -0.4 is 11.3 Å². The van der Waals surface area contributed by atoms with E-state index in [1.165, 1.54) is 12.1 Å². The predicted molar refractivity (Wildman–Crippen MR) is 80.9 cm³/mol. The van der Waals surface area contributed by atoms with Gasteiger partial charge in [-0.15, -0.1) is 0 Å². The van der Waals surface area contributed by atoms with Crippen LogP contribution in [0.3, 0.4) is 0 Å². The third-order valence-corrected chi connectivity index (χ3v) is 3.93. The van der Waals surface area contributed by atoms with Crippen molar-refractivity contribution in [3.8, 4) is 0 Å². The molecular weight excluding hydrogens is 269 g/mol. The summed E-state index contributed by atoms with van der Waals surface area (Å²) in [5.41, 5.74) is 7.98. The largest absolute Gasteiger partial charge is 0.393 e. The Morgan fingerprint density at radius 3 is 2.71 bits per heavy atom. The minimum atomic E-state index is -0.287. The van der Waals surface area contributed by atoms with Gasteiger partial charge in [-0.2, -0.15) is 0 Å². The lowest BCUT2D eigenvalue weighted by molar-refractivity contribution is 0.450. The number of anilines is 1. The topological polar surface area (TPSA) is 52.9 Å². The van der Waals surface area contributed by atoms with Gasteiger partial charge in [0.25, 0.3) is 5.56 Å². The molecule has 1 aromatic carbocycles. The quantitative estimate of drug-likeness (QED) is 0.920. The molecule has 0 atom stereocenters. The molecule has 2 N–H and O–H groups in total. The van der Waals surface area contributed by atoms with Crippen LogP contribution in [0.15, 0.2) is 29.1 Å². The number of nitrogen functional groups attached to an aromatic ring is 1. The third-order valence-electron chi connectivity index (χ3n) is 3.93. The summed E-state index contributed by atoms with van der Waals surface area (Å²) in [6.07, 6.45) is 3.12. The summed E-state index contributed by atoms with van der Waals surface area (Å²) >= 11 is 0. The second-order valence-corrected chi connectivity index (χ2v) is 5.69. The summed E-state index contributed by atoms with van der Waals surface area (Å²) in [5, 5.41) is 0. The van der Waals surface area contributed by atoms with Crippen molar-refractivity contribution in [1.29, 1.82) is 0 Å². The normalized spacial score (nSPS) is 14.6. The van der Waals surface area contributed by atoms with Gasteiger partial charge in [-0.3, -0.25) is 9.48 Å². The molecule has 1 fully saturated rings. The molecule has 1 heterocycles. The highest BCUT2D eigenvalue weighted by Gasteiger charge is 2.32. The maximum atomic E-state index is 13.3. The number of nitrogens with two attached hydrogens (primary N) is 1. The number of aromatic nitrogens is 2. The number of halogens is 1. The Bertz CT molecular complexity index is 713. The lowest BCUT2D eigenvalue weighted by Crippen LogP contribution is -2.25. The van der Waals surface area contributed by atoms with Gasteiger partial charge in [-0.1, -0.05) is 19.1 Å². The molecule has 1 aromatic heterocycles. The molecule has 0 spiro atoms. The van der Waals surface area contributed by atoms with Crippen molar-refractivity contribution in [2.24, 2.45) is 0 Å². The molecule has 4 nitrogen and oxygen atoms in total. The first-order valence-electron chi connectivity index (χ1n) is 7.45. The molecule has 0 saturated heterocycles. The standard InChI is InChI=1S/C16H20FN3O/c1-2-8-19-15(12-6-7-12)14(18)16(21)20(19)10-11-4-3-5-13(17)9-11/h3-5,9,12H,2,6-8,10,18H2,1H3. The van der Waals surface area contributed by atoms with Gasteiger partial charge >= 0.3 is 0 Å². The van der Waals surface area contributed by atoms with Crippen LogP contribution in [-0.2, 0) is 13.1 Å². The van der Waals surface area contributed by atoms with Crippen molar-refractivity contribution in [2.45, 2.75) is 45.2 Å². The average molecular weight is 289 g/mol. The Balaban J connectivity index is 2.04. The van der Waals surface area contributed by atoms with Gasteiger partial charge in [0.05, 0.1) is 12.2 Å². The van der Waals surface area contributed by atoms with Gasteiger partial charge in [0.1, 0.15) is 11.5 Å². The minimum absolute atomic E-state index is 0.158. The van der Waals surface area contributed by atoms with Crippen molar-refractivity contribution in [3.05, 3.63) is 51.7 Å².